The second-order valence-electron chi connectivity index (χ2n) is 14.4. The number of ether oxygens (including phenoxy) is 1. The molecule has 5 aliphatic rings. The number of fused-ring (bicyclic) bond motifs is 3. The van der Waals surface area contributed by atoms with Gasteiger partial charge in [-0.3, -0.25) is 33.6 Å². The molecule has 17 heteroatoms. The highest BCUT2D eigenvalue weighted by Gasteiger charge is 2.62. The summed E-state index contributed by atoms with van der Waals surface area (Å²) in [6.07, 6.45) is 5.31. The molecule has 52 heavy (non-hydrogen) atoms. The van der Waals surface area contributed by atoms with E-state index in [1.165, 1.54) is 15.9 Å². The van der Waals surface area contributed by atoms with Crippen LogP contribution in [-0.4, -0.2) is 94.5 Å². The van der Waals surface area contributed by atoms with Gasteiger partial charge in [-0.25, -0.2) is 17.6 Å². The number of nitrogens with one attached hydrogen (secondary N) is 3. The normalized spacial score (nSPS) is 28.2. The Balaban J connectivity index is 1.23. The van der Waals surface area contributed by atoms with Gasteiger partial charge in [0.25, 0.3) is 5.91 Å². The van der Waals surface area contributed by atoms with Gasteiger partial charge in [0.05, 0.1) is 18.3 Å². The fourth-order valence-corrected chi connectivity index (χ4v) is 8.61. The maximum absolute atomic E-state index is 14.4. The van der Waals surface area contributed by atoms with Crippen LogP contribution >= 0.6 is 0 Å². The van der Waals surface area contributed by atoms with Crippen LogP contribution in [-0.2, 0) is 51.8 Å². The molecule has 0 bridgehead atoms. The molecule has 0 aromatic heterocycles. The van der Waals surface area contributed by atoms with Gasteiger partial charge in [0, 0.05) is 37.3 Å². The van der Waals surface area contributed by atoms with Crippen molar-refractivity contribution in [3.05, 3.63) is 47.3 Å². The quantitative estimate of drug-likeness (QED) is 0.270. The maximum Gasteiger partial charge on any atom is 0.410 e. The van der Waals surface area contributed by atoms with Gasteiger partial charge in [0.2, 0.25) is 27.7 Å². The number of nitrogens with zero attached hydrogens (tertiary/aromatic N) is 2. The van der Waals surface area contributed by atoms with Crippen molar-refractivity contribution < 1.29 is 51.4 Å². The molecule has 0 spiro atoms. The highest BCUT2D eigenvalue weighted by molar-refractivity contribution is 7.91. The van der Waals surface area contributed by atoms with Crippen LogP contribution in [0.15, 0.2) is 30.4 Å². The van der Waals surface area contributed by atoms with E-state index >= 15 is 0 Å². The summed E-state index contributed by atoms with van der Waals surface area (Å²) in [6.45, 7) is -0.133. The van der Waals surface area contributed by atoms with Crippen LogP contribution in [0.5, 0.6) is 0 Å². The molecule has 1 aromatic rings. The summed E-state index contributed by atoms with van der Waals surface area (Å²) in [5.41, 5.74) is -0.578. The Hall–Kier alpha value is -4.54. The SMILES string of the molecule is O=C(O)CCCC(=O)N[C@H]1CCCCC/C=C\[C@@H]2C[C@@]2(C(=O)NS(=O)(=O)C2CC2)NC(=O)[C@@H]2C[C@@H](OC(=O)N3Cc4cccc(F)c4C3)CN2C1=O. The summed E-state index contributed by atoms with van der Waals surface area (Å²) in [5, 5.41) is 13.8. The lowest BCUT2D eigenvalue weighted by Crippen LogP contribution is -2.58. The molecule has 2 aliphatic carbocycles. The van der Waals surface area contributed by atoms with Gasteiger partial charge in [-0.05, 0) is 56.6 Å². The summed E-state index contributed by atoms with van der Waals surface area (Å²) in [4.78, 5) is 81.7. The number of carboxylic acids is 1. The average molecular weight is 746 g/mol. The van der Waals surface area contributed by atoms with Crippen LogP contribution in [0.3, 0.4) is 0 Å². The number of sulfonamides is 1. The van der Waals surface area contributed by atoms with Gasteiger partial charge in [-0.1, -0.05) is 37.1 Å². The van der Waals surface area contributed by atoms with Crippen molar-refractivity contribution in [2.45, 2.75) is 119 Å². The Morgan fingerprint density at radius 1 is 1.06 bits per heavy atom. The van der Waals surface area contributed by atoms with E-state index in [9.17, 15) is 41.6 Å². The second kappa shape index (κ2) is 15.2. The molecule has 3 fully saturated rings. The maximum atomic E-state index is 14.4. The summed E-state index contributed by atoms with van der Waals surface area (Å²) >= 11 is 0. The minimum atomic E-state index is -3.94. The summed E-state index contributed by atoms with van der Waals surface area (Å²) in [7, 11) is -3.94. The first kappa shape index (κ1) is 37.2. The molecule has 1 aromatic carbocycles. The van der Waals surface area contributed by atoms with Crippen molar-refractivity contribution >= 4 is 45.7 Å². The zero-order valence-corrected chi connectivity index (χ0v) is 29.5. The van der Waals surface area contributed by atoms with Crippen molar-refractivity contribution in [1.82, 2.24) is 25.2 Å². The van der Waals surface area contributed by atoms with Gasteiger partial charge >= 0.3 is 12.1 Å². The summed E-state index contributed by atoms with van der Waals surface area (Å²) in [6, 6.07) is 2.22. The van der Waals surface area contributed by atoms with Crippen LogP contribution in [0, 0.1) is 11.7 Å². The molecular weight excluding hydrogens is 701 g/mol. The van der Waals surface area contributed by atoms with E-state index in [1.54, 1.807) is 18.2 Å². The average Bonchev–Trinajstić information content (AvgIpc) is 3.97. The van der Waals surface area contributed by atoms with Crippen LogP contribution < -0.4 is 15.4 Å². The number of halogens is 1. The highest BCUT2D eigenvalue weighted by atomic mass is 32.2. The van der Waals surface area contributed by atoms with E-state index < -0.39 is 86.4 Å². The van der Waals surface area contributed by atoms with Crippen molar-refractivity contribution in [2.24, 2.45) is 5.92 Å². The van der Waals surface area contributed by atoms with Gasteiger partial charge in [0.1, 0.15) is 29.5 Å². The molecule has 0 radical (unpaired) electrons. The predicted octanol–water partition coefficient (Wildman–Crippen LogP) is 1.99. The van der Waals surface area contributed by atoms with E-state index in [0.29, 0.717) is 43.2 Å². The monoisotopic (exact) mass is 745 g/mol. The largest absolute Gasteiger partial charge is 0.481 e. The number of allylic oxidation sites excluding steroid dienone is 1. The third-order valence-electron chi connectivity index (χ3n) is 10.4. The molecule has 282 valence electrons. The third kappa shape index (κ3) is 8.40. The Labute approximate surface area is 300 Å². The first-order chi connectivity index (χ1) is 24.8. The lowest BCUT2D eigenvalue weighted by Gasteiger charge is -2.30. The second-order valence-corrected chi connectivity index (χ2v) is 16.3. The molecule has 3 heterocycles. The van der Waals surface area contributed by atoms with Crippen molar-refractivity contribution in [3.63, 3.8) is 0 Å². The Bertz CT molecular complexity index is 1770. The number of hydrogen-bond acceptors (Lipinski definition) is 9. The van der Waals surface area contributed by atoms with Crippen LogP contribution in [0.2, 0.25) is 0 Å². The molecule has 2 saturated carbocycles. The number of carbonyl (C=O) groups is 6. The van der Waals surface area contributed by atoms with Gasteiger partial charge in [-0.15, -0.1) is 0 Å². The molecule has 6 rings (SSSR count). The van der Waals surface area contributed by atoms with E-state index in [4.69, 9.17) is 9.84 Å². The molecule has 15 nitrogen and oxygen atoms in total. The lowest BCUT2D eigenvalue weighted by atomic mass is 10.0. The first-order valence-electron chi connectivity index (χ1n) is 17.9. The zero-order chi connectivity index (χ0) is 37.2. The van der Waals surface area contributed by atoms with Gasteiger partial charge in [0.15, 0.2) is 0 Å². The number of carbonyl (C=O) groups excluding carboxylic acids is 5. The first-order valence-corrected chi connectivity index (χ1v) is 19.4. The summed E-state index contributed by atoms with van der Waals surface area (Å²) < 4.78 is 47.8. The smallest absolute Gasteiger partial charge is 0.410 e. The Kier molecular flexibility index (Phi) is 10.9. The Morgan fingerprint density at radius 2 is 1.85 bits per heavy atom. The standard InChI is InChI=1S/C35H44FN5O10S/c36-26-10-6-8-21-18-40(20-25(21)26)34(48)51-23-16-28-31(45)38-35(33(47)39-52(49,50)24-14-15-24)17-22(35)9-4-2-1-3-5-11-27(32(46)41(28)19-23)37-29(42)12-7-13-30(43)44/h4,6,8-10,22-24,27-28H,1-3,5,7,11-20H2,(H,37,42)(H,38,45)(H,39,47)(H,43,44)/b9-4-/t22-,23-,27+,28+,35-/m1/s1. The molecule has 5 amide bonds. The molecular formula is C35H44FN5O10S. The zero-order valence-electron chi connectivity index (χ0n) is 28.7. The molecule has 1 saturated heterocycles. The minimum Gasteiger partial charge on any atom is -0.481 e. The predicted molar refractivity (Wildman–Crippen MR) is 181 cm³/mol. The van der Waals surface area contributed by atoms with Crippen LogP contribution in [0.25, 0.3) is 0 Å². The van der Waals surface area contributed by atoms with Gasteiger partial charge in [-0.2, -0.15) is 0 Å². The number of aliphatic carboxylic acids is 1. The van der Waals surface area contributed by atoms with E-state index in [0.717, 1.165) is 6.42 Å². The number of amides is 5. The summed E-state index contributed by atoms with van der Waals surface area (Å²) in [5.74, 6) is -4.76. The highest BCUT2D eigenvalue weighted by Crippen LogP contribution is 2.46. The topological polar surface area (TPSA) is 209 Å². The number of hydrogen-bond donors (Lipinski definition) is 4. The van der Waals surface area contributed by atoms with Crippen molar-refractivity contribution in [2.75, 3.05) is 6.54 Å². The molecule has 5 atom stereocenters. The lowest BCUT2D eigenvalue weighted by molar-refractivity contribution is -0.142. The molecule has 3 aliphatic heterocycles. The fraction of sp³-hybridized carbons (Fsp3) is 0.600. The van der Waals surface area contributed by atoms with E-state index in [2.05, 4.69) is 15.4 Å². The van der Waals surface area contributed by atoms with E-state index in [-0.39, 0.29) is 58.2 Å². The van der Waals surface area contributed by atoms with Crippen LogP contribution in [0.1, 0.15) is 88.2 Å². The van der Waals surface area contributed by atoms with Gasteiger partial charge < -0.3 is 25.4 Å². The van der Waals surface area contributed by atoms with E-state index in [1.807, 2.05) is 6.08 Å². The third-order valence-corrected chi connectivity index (χ3v) is 12.2. The number of benzene rings is 1. The number of carboxylic acid groups (broad SMARTS) is 1. The van der Waals surface area contributed by atoms with Crippen molar-refractivity contribution in [1.29, 1.82) is 0 Å². The van der Waals surface area contributed by atoms with Crippen molar-refractivity contribution in [3.8, 4) is 0 Å². The fourth-order valence-electron chi connectivity index (χ4n) is 7.24. The molecule has 4 N–H and O–H groups in total. The van der Waals surface area contributed by atoms with Crippen LogP contribution in [0.4, 0.5) is 9.18 Å². The number of rotatable bonds is 9. The minimum absolute atomic E-state index is 0.0214. The molecule has 0 unspecified atom stereocenters. The Morgan fingerprint density at radius 3 is 2.58 bits per heavy atom.